The lowest BCUT2D eigenvalue weighted by atomic mass is 9.98. The van der Waals surface area contributed by atoms with Crippen molar-refractivity contribution in [2.24, 2.45) is 0 Å². The number of anilines is 1. The van der Waals surface area contributed by atoms with Crippen molar-refractivity contribution in [1.82, 2.24) is 4.31 Å². The zero-order chi connectivity index (χ0) is 19.9. The highest BCUT2D eigenvalue weighted by molar-refractivity contribution is 7.89. The van der Waals surface area contributed by atoms with Crippen molar-refractivity contribution in [2.75, 3.05) is 32.1 Å². The van der Waals surface area contributed by atoms with E-state index in [1.54, 1.807) is 19.9 Å². The van der Waals surface area contributed by atoms with Gasteiger partial charge in [0.25, 0.3) is 0 Å². The van der Waals surface area contributed by atoms with E-state index >= 15 is 0 Å². The highest BCUT2D eigenvalue weighted by atomic mass is 32.2. The fourth-order valence-electron chi connectivity index (χ4n) is 3.27. The van der Waals surface area contributed by atoms with Gasteiger partial charge in [0.1, 0.15) is 12.4 Å². The molecule has 1 aromatic carbocycles. The third-order valence-corrected chi connectivity index (χ3v) is 6.84. The molecule has 1 saturated carbocycles. The van der Waals surface area contributed by atoms with Gasteiger partial charge in [-0.3, -0.25) is 4.79 Å². The molecule has 1 aliphatic rings. The van der Waals surface area contributed by atoms with Gasteiger partial charge in [0.2, 0.25) is 15.9 Å². The first-order chi connectivity index (χ1) is 12.9. The quantitative estimate of drug-likeness (QED) is 0.691. The molecule has 0 heterocycles. The topological polar surface area (TPSA) is 84.9 Å². The van der Waals surface area contributed by atoms with Gasteiger partial charge in [0.15, 0.2) is 0 Å². The summed E-state index contributed by atoms with van der Waals surface area (Å²) in [6.07, 6.45) is 5.57. The summed E-state index contributed by atoms with van der Waals surface area (Å²) >= 11 is 0. The molecule has 0 aromatic heterocycles. The average Bonchev–Trinajstić information content (AvgIpc) is 2.68. The fraction of sp³-hybridized carbons (Fsp3) is 0.632. The Balaban J connectivity index is 2.11. The van der Waals surface area contributed by atoms with E-state index in [9.17, 15) is 13.2 Å². The second-order valence-corrected chi connectivity index (χ2v) is 8.51. The predicted octanol–water partition coefficient (Wildman–Crippen LogP) is 3.01. The molecular formula is C19H30N2O5S. The van der Waals surface area contributed by atoms with Crippen LogP contribution in [0, 0.1) is 0 Å². The second kappa shape index (κ2) is 10.1. The van der Waals surface area contributed by atoms with E-state index in [-0.39, 0.29) is 23.5 Å². The molecule has 0 aliphatic heterocycles. The number of nitrogens with zero attached hydrogens (tertiary/aromatic N) is 1. The Bertz CT molecular complexity index is 726. The van der Waals surface area contributed by atoms with E-state index in [1.807, 2.05) is 0 Å². The van der Waals surface area contributed by atoms with Crippen LogP contribution in [-0.2, 0) is 19.6 Å². The summed E-state index contributed by atoms with van der Waals surface area (Å²) in [5, 5.41) is 2.72. The van der Waals surface area contributed by atoms with Crippen LogP contribution in [0.25, 0.3) is 0 Å². The monoisotopic (exact) mass is 398 g/mol. The molecule has 8 heteroatoms. The summed E-state index contributed by atoms with van der Waals surface area (Å²) in [7, 11) is -2.14. The molecule has 27 heavy (non-hydrogen) atoms. The predicted molar refractivity (Wildman–Crippen MR) is 105 cm³/mol. The molecule has 1 aliphatic carbocycles. The number of hydrogen-bond donors (Lipinski definition) is 1. The number of rotatable bonds is 9. The fourth-order valence-corrected chi connectivity index (χ4v) is 4.75. The molecule has 1 aromatic rings. The molecule has 152 valence electrons. The summed E-state index contributed by atoms with van der Waals surface area (Å²) in [4.78, 5) is 12.4. The minimum absolute atomic E-state index is 0.0547. The molecule has 0 unspecified atom stereocenters. The van der Waals surface area contributed by atoms with E-state index in [0.29, 0.717) is 24.5 Å². The Kier molecular flexibility index (Phi) is 8.07. The van der Waals surface area contributed by atoms with Crippen molar-refractivity contribution < 1.29 is 22.7 Å². The molecule has 1 amide bonds. The number of amides is 1. The zero-order valence-electron chi connectivity index (χ0n) is 16.4. The highest BCUT2D eigenvalue weighted by Gasteiger charge is 2.23. The molecular weight excluding hydrogens is 368 g/mol. The van der Waals surface area contributed by atoms with Crippen LogP contribution in [0.15, 0.2) is 23.1 Å². The van der Waals surface area contributed by atoms with Gasteiger partial charge in [-0.1, -0.05) is 33.1 Å². The minimum Gasteiger partial charge on any atom is -0.495 e. The van der Waals surface area contributed by atoms with Crippen LogP contribution in [0.4, 0.5) is 5.69 Å². The SMILES string of the molecule is CCN(CC)S(=O)(=O)c1ccc(OC)c(NC(=O)COC2CCCCC2)c1. The van der Waals surface area contributed by atoms with Gasteiger partial charge in [-0.2, -0.15) is 4.31 Å². The normalized spacial score (nSPS) is 15.7. The van der Waals surface area contributed by atoms with Gasteiger partial charge in [0.05, 0.1) is 23.8 Å². The Labute approximate surface area is 162 Å². The first-order valence-corrected chi connectivity index (χ1v) is 11.0. The molecule has 0 bridgehead atoms. The number of carbonyl (C=O) groups excluding carboxylic acids is 1. The smallest absolute Gasteiger partial charge is 0.250 e. The maximum absolute atomic E-state index is 12.7. The van der Waals surface area contributed by atoms with Gasteiger partial charge >= 0.3 is 0 Å². The van der Waals surface area contributed by atoms with Crippen LogP contribution in [0.2, 0.25) is 0 Å². The maximum Gasteiger partial charge on any atom is 0.250 e. The molecule has 7 nitrogen and oxygen atoms in total. The third kappa shape index (κ3) is 5.67. The largest absolute Gasteiger partial charge is 0.495 e. The molecule has 0 spiro atoms. The lowest BCUT2D eigenvalue weighted by Crippen LogP contribution is -2.30. The average molecular weight is 399 g/mol. The number of nitrogens with one attached hydrogen (secondary N) is 1. The van der Waals surface area contributed by atoms with E-state index in [2.05, 4.69) is 5.32 Å². The van der Waals surface area contributed by atoms with Crippen LogP contribution in [-0.4, -0.2) is 51.5 Å². The van der Waals surface area contributed by atoms with Crippen LogP contribution >= 0.6 is 0 Å². The van der Waals surface area contributed by atoms with E-state index in [4.69, 9.17) is 9.47 Å². The van der Waals surface area contributed by atoms with Crippen LogP contribution in [0.1, 0.15) is 46.0 Å². The molecule has 0 radical (unpaired) electrons. The number of carbonyl (C=O) groups is 1. The van der Waals surface area contributed by atoms with Crippen molar-refractivity contribution in [3.8, 4) is 5.75 Å². The standard InChI is InChI=1S/C19H30N2O5S/c1-4-21(5-2)27(23,24)16-11-12-18(25-3)17(13-16)20-19(22)14-26-15-9-7-6-8-10-15/h11-13,15H,4-10,14H2,1-3H3,(H,20,22). The van der Waals surface area contributed by atoms with E-state index < -0.39 is 10.0 Å². The Morgan fingerprint density at radius 2 is 1.85 bits per heavy atom. The number of methoxy groups -OCH3 is 1. The van der Waals surface area contributed by atoms with Crippen molar-refractivity contribution in [1.29, 1.82) is 0 Å². The first kappa shape index (κ1) is 21.7. The van der Waals surface area contributed by atoms with E-state index in [0.717, 1.165) is 25.7 Å². The first-order valence-electron chi connectivity index (χ1n) is 9.52. The number of hydrogen-bond acceptors (Lipinski definition) is 5. The summed E-state index contributed by atoms with van der Waals surface area (Å²) in [6.45, 7) is 4.27. The summed E-state index contributed by atoms with van der Waals surface area (Å²) < 4.78 is 37.7. The number of benzene rings is 1. The van der Waals surface area contributed by atoms with Gasteiger partial charge in [-0.05, 0) is 31.0 Å². The van der Waals surface area contributed by atoms with Crippen molar-refractivity contribution in [3.63, 3.8) is 0 Å². The van der Waals surface area contributed by atoms with Crippen molar-refractivity contribution >= 4 is 21.6 Å². The molecule has 0 atom stereocenters. The lowest BCUT2D eigenvalue weighted by Gasteiger charge is -2.22. The summed E-state index contributed by atoms with van der Waals surface area (Å²) in [5.41, 5.74) is 0.322. The molecule has 0 saturated heterocycles. The van der Waals surface area contributed by atoms with E-state index in [1.165, 1.54) is 30.0 Å². The van der Waals surface area contributed by atoms with Gasteiger partial charge in [-0.15, -0.1) is 0 Å². The number of ether oxygens (including phenoxy) is 2. The van der Waals surface area contributed by atoms with Crippen molar-refractivity contribution in [2.45, 2.75) is 57.0 Å². The van der Waals surface area contributed by atoms with Gasteiger partial charge in [-0.25, -0.2) is 8.42 Å². The maximum atomic E-state index is 12.7. The highest BCUT2D eigenvalue weighted by Crippen LogP contribution is 2.29. The molecule has 1 N–H and O–H groups in total. The lowest BCUT2D eigenvalue weighted by molar-refractivity contribution is -0.123. The zero-order valence-corrected chi connectivity index (χ0v) is 17.2. The number of sulfonamides is 1. The molecule has 1 fully saturated rings. The Morgan fingerprint density at radius 1 is 1.19 bits per heavy atom. The summed E-state index contributed by atoms with van der Waals surface area (Å²) in [6, 6.07) is 4.47. The van der Waals surface area contributed by atoms with Gasteiger partial charge in [0, 0.05) is 13.1 Å². The van der Waals surface area contributed by atoms with Crippen LogP contribution in [0.5, 0.6) is 5.75 Å². The Morgan fingerprint density at radius 3 is 2.44 bits per heavy atom. The van der Waals surface area contributed by atoms with Gasteiger partial charge < -0.3 is 14.8 Å². The van der Waals surface area contributed by atoms with Crippen LogP contribution < -0.4 is 10.1 Å². The minimum atomic E-state index is -3.62. The Hall–Kier alpha value is -1.64. The molecule has 2 rings (SSSR count). The van der Waals surface area contributed by atoms with Crippen molar-refractivity contribution in [3.05, 3.63) is 18.2 Å². The summed E-state index contributed by atoms with van der Waals surface area (Å²) in [5.74, 6) is 0.0794. The second-order valence-electron chi connectivity index (χ2n) is 6.57. The van der Waals surface area contributed by atoms with Crippen LogP contribution in [0.3, 0.4) is 0 Å². The third-order valence-electron chi connectivity index (χ3n) is 4.79.